The Morgan fingerprint density at radius 2 is 1.95 bits per heavy atom. The smallest absolute Gasteiger partial charge is 0.295 e. The first kappa shape index (κ1) is 14.3. The third kappa shape index (κ3) is 3.08. The lowest BCUT2D eigenvalue weighted by Gasteiger charge is -2.07. The van der Waals surface area contributed by atoms with Gasteiger partial charge in [-0.05, 0) is 42.0 Å². The molecule has 0 radical (unpaired) electrons. The van der Waals surface area contributed by atoms with E-state index < -0.39 is 10.7 Å². The van der Waals surface area contributed by atoms with Crippen LogP contribution in [0.3, 0.4) is 0 Å². The predicted molar refractivity (Wildman–Crippen MR) is 78.5 cm³/mol. The van der Waals surface area contributed by atoms with Gasteiger partial charge in [-0.3, -0.25) is 10.1 Å². The number of rotatable bonds is 4. The van der Waals surface area contributed by atoms with Crippen molar-refractivity contribution in [3.05, 3.63) is 63.5 Å². The molecule has 0 fully saturated rings. The summed E-state index contributed by atoms with van der Waals surface area (Å²) in [7, 11) is 0. The Bertz CT molecular complexity index is 644. The molecule has 6 heteroatoms. The summed E-state index contributed by atoms with van der Waals surface area (Å²) < 4.78 is 13.4. The highest BCUT2D eigenvalue weighted by molar-refractivity contribution is 7.98. The lowest BCUT2D eigenvalue weighted by molar-refractivity contribution is -0.384. The Morgan fingerprint density at radius 1 is 1.30 bits per heavy atom. The summed E-state index contributed by atoms with van der Waals surface area (Å²) in [6.07, 6.45) is 2.34. The predicted octanol–water partition coefficient (Wildman–Crippen LogP) is 3.63. The first-order valence-electron chi connectivity index (χ1n) is 5.86. The molecule has 0 unspecified atom stereocenters. The Labute approximate surface area is 119 Å². The Hall–Kier alpha value is -2.08. The first-order chi connectivity index (χ1) is 9.51. The van der Waals surface area contributed by atoms with Crippen LogP contribution in [0, 0.1) is 15.9 Å². The number of hydrogen-bond acceptors (Lipinski definition) is 4. The number of thioether (sulfide) groups is 1. The van der Waals surface area contributed by atoms with Crippen molar-refractivity contribution in [1.29, 1.82) is 0 Å². The van der Waals surface area contributed by atoms with E-state index in [0.29, 0.717) is 12.0 Å². The number of hydrogen-bond donors (Lipinski definition) is 1. The molecular formula is C14H13FN2O2S. The summed E-state index contributed by atoms with van der Waals surface area (Å²) in [4.78, 5) is 11.3. The van der Waals surface area contributed by atoms with Crippen molar-refractivity contribution >= 4 is 23.1 Å². The molecule has 0 amide bonds. The van der Waals surface area contributed by atoms with Crippen molar-refractivity contribution in [2.24, 2.45) is 0 Å². The number of nitrogen functional groups attached to an aromatic ring is 1. The van der Waals surface area contributed by atoms with E-state index in [2.05, 4.69) is 0 Å². The minimum absolute atomic E-state index is 0.0188. The molecule has 2 N–H and O–H groups in total. The number of nitrogens with zero attached hydrogens (tertiary/aromatic N) is 1. The second-order valence-corrected chi connectivity index (χ2v) is 5.16. The highest BCUT2D eigenvalue weighted by Crippen LogP contribution is 2.28. The SMILES string of the molecule is CSc1ccc(Cc2cc(F)cc([N+](=O)[O-])c2N)cc1. The molecule has 0 aromatic heterocycles. The summed E-state index contributed by atoms with van der Waals surface area (Å²) in [5, 5.41) is 10.8. The Kier molecular flexibility index (Phi) is 4.24. The lowest BCUT2D eigenvalue weighted by Crippen LogP contribution is -2.02. The van der Waals surface area contributed by atoms with Crippen LogP contribution in [0.5, 0.6) is 0 Å². The van der Waals surface area contributed by atoms with Crippen molar-refractivity contribution in [2.45, 2.75) is 11.3 Å². The molecule has 2 aromatic carbocycles. The van der Waals surface area contributed by atoms with Crippen LogP contribution in [0.4, 0.5) is 15.8 Å². The summed E-state index contributed by atoms with van der Waals surface area (Å²) in [5.74, 6) is -0.651. The van der Waals surface area contributed by atoms with Gasteiger partial charge in [0.05, 0.1) is 11.0 Å². The Balaban J connectivity index is 2.35. The van der Waals surface area contributed by atoms with E-state index in [0.717, 1.165) is 16.5 Å². The maximum atomic E-state index is 13.4. The second-order valence-electron chi connectivity index (χ2n) is 4.28. The average Bonchev–Trinajstić information content (AvgIpc) is 2.43. The van der Waals surface area contributed by atoms with Crippen LogP contribution < -0.4 is 5.73 Å². The maximum absolute atomic E-state index is 13.4. The number of nitrogens with two attached hydrogens (primary N) is 1. The molecule has 20 heavy (non-hydrogen) atoms. The molecule has 0 aliphatic heterocycles. The zero-order chi connectivity index (χ0) is 14.7. The molecule has 104 valence electrons. The molecule has 0 bridgehead atoms. The van der Waals surface area contributed by atoms with Gasteiger partial charge in [-0.25, -0.2) is 4.39 Å². The van der Waals surface area contributed by atoms with Crippen LogP contribution in [-0.2, 0) is 6.42 Å². The van der Waals surface area contributed by atoms with Crippen molar-refractivity contribution in [3.63, 3.8) is 0 Å². The summed E-state index contributed by atoms with van der Waals surface area (Å²) in [5.41, 5.74) is 6.73. The molecule has 0 heterocycles. The van der Waals surface area contributed by atoms with Gasteiger partial charge in [0.1, 0.15) is 11.5 Å². The van der Waals surface area contributed by atoms with Gasteiger partial charge >= 0.3 is 0 Å². The van der Waals surface area contributed by atoms with E-state index in [-0.39, 0.29) is 11.4 Å². The molecule has 2 aromatic rings. The molecule has 0 saturated heterocycles. The van der Waals surface area contributed by atoms with Gasteiger partial charge in [0.2, 0.25) is 0 Å². The second kappa shape index (κ2) is 5.92. The van der Waals surface area contributed by atoms with Gasteiger partial charge in [0.15, 0.2) is 0 Å². The zero-order valence-corrected chi connectivity index (χ0v) is 11.6. The third-order valence-electron chi connectivity index (χ3n) is 2.96. The van der Waals surface area contributed by atoms with Crippen LogP contribution in [-0.4, -0.2) is 11.2 Å². The topological polar surface area (TPSA) is 69.2 Å². The molecule has 0 saturated carbocycles. The van der Waals surface area contributed by atoms with Gasteiger partial charge in [-0.1, -0.05) is 12.1 Å². The van der Waals surface area contributed by atoms with E-state index in [1.165, 1.54) is 6.07 Å². The minimum atomic E-state index is -0.668. The molecule has 0 aliphatic carbocycles. The molecule has 4 nitrogen and oxygen atoms in total. The molecule has 0 aliphatic rings. The highest BCUT2D eigenvalue weighted by atomic mass is 32.2. The standard InChI is InChI=1S/C14H13FN2O2S/c1-20-12-4-2-9(3-5-12)6-10-7-11(15)8-13(14(10)16)17(18)19/h2-5,7-8H,6,16H2,1H3. The van der Waals surface area contributed by atoms with Gasteiger partial charge in [-0.15, -0.1) is 11.8 Å². The fraction of sp³-hybridized carbons (Fsp3) is 0.143. The maximum Gasteiger partial charge on any atom is 0.295 e. The van der Waals surface area contributed by atoms with E-state index >= 15 is 0 Å². The normalized spacial score (nSPS) is 10.5. The zero-order valence-electron chi connectivity index (χ0n) is 10.8. The van der Waals surface area contributed by atoms with Gasteiger partial charge in [-0.2, -0.15) is 0 Å². The third-order valence-corrected chi connectivity index (χ3v) is 3.70. The minimum Gasteiger partial charge on any atom is -0.393 e. The van der Waals surface area contributed by atoms with Crippen molar-refractivity contribution < 1.29 is 9.31 Å². The molecular weight excluding hydrogens is 279 g/mol. The van der Waals surface area contributed by atoms with Crippen LogP contribution in [0.1, 0.15) is 11.1 Å². The molecule has 0 spiro atoms. The number of benzene rings is 2. The fourth-order valence-corrected chi connectivity index (χ4v) is 2.33. The van der Waals surface area contributed by atoms with Gasteiger partial charge in [0, 0.05) is 4.90 Å². The van der Waals surface area contributed by atoms with Crippen LogP contribution in [0.25, 0.3) is 0 Å². The number of halogens is 1. The van der Waals surface area contributed by atoms with Gasteiger partial charge in [0.25, 0.3) is 5.69 Å². The summed E-state index contributed by atoms with van der Waals surface area (Å²) >= 11 is 1.62. The highest BCUT2D eigenvalue weighted by Gasteiger charge is 2.17. The number of anilines is 1. The van der Waals surface area contributed by atoms with E-state index in [1.807, 2.05) is 30.5 Å². The Morgan fingerprint density at radius 3 is 2.50 bits per heavy atom. The molecule has 2 rings (SSSR count). The monoisotopic (exact) mass is 292 g/mol. The van der Waals surface area contributed by atoms with Crippen molar-refractivity contribution in [2.75, 3.05) is 12.0 Å². The van der Waals surface area contributed by atoms with E-state index in [4.69, 9.17) is 5.73 Å². The largest absolute Gasteiger partial charge is 0.393 e. The molecule has 0 atom stereocenters. The van der Waals surface area contributed by atoms with E-state index in [9.17, 15) is 14.5 Å². The van der Waals surface area contributed by atoms with Gasteiger partial charge < -0.3 is 5.73 Å². The quantitative estimate of drug-likeness (QED) is 0.404. The average molecular weight is 292 g/mol. The van der Waals surface area contributed by atoms with Crippen LogP contribution in [0.15, 0.2) is 41.3 Å². The summed E-state index contributed by atoms with van der Waals surface area (Å²) in [6, 6.07) is 9.79. The number of nitro benzene ring substituents is 1. The van der Waals surface area contributed by atoms with Crippen molar-refractivity contribution in [3.8, 4) is 0 Å². The van der Waals surface area contributed by atoms with Crippen LogP contribution >= 0.6 is 11.8 Å². The first-order valence-corrected chi connectivity index (χ1v) is 7.09. The van der Waals surface area contributed by atoms with Crippen molar-refractivity contribution in [1.82, 2.24) is 0 Å². The lowest BCUT2D eigenvalue weighted by atomic mass is 10.0. The fourth-order valence-electron chi connectivity index (χ4n) is 1.92. The van der Waals surface area contributed by atoms with E-state index in [1.54, 1.807) is 11.8 Å². The van der Waals surface area contributed by atoms with Crippen LogP contribution in [0.2, 0.25) is 0 Å². The number of nitro groups is 1. The summed E-state index contributed by atoms with van der Waals surface area (Å²) in [6.45, 7) is 0.